The number of fused-ring (bicyclic) bond motifs is 1. The summed E-state index contributed by atoms with van der Waals surface area (Å²) in [6.07, 6.45) is 1.20. The van der Waals surface area contributed by atoms with Gasteiger partial charge in [-0.2, -0.15) is 0 Å². The Hall–Kier alpha value is -0.970. The molecule has 3 rings (SSSR count). The van der Waals surface area contributed by atoms with Gasteiger partial charge in [0.25, 0.3) is 0 Å². The fourth-order valence-electron chi connectivity index (χ4n) is 3.16. The van der Waals surface area contributed by atoms with E-state index in [2.05, 4.69) is 54.2 Å². The van der Waals surface area contributed by atoms with Gasteiger partial charge in [-0.25, -0.2) is 4.98 Å². The third kappa shape index (κ3) is 2.60. The lowest BCUT2D eigenvalue weighted by Crippen LogP contribution is -2.55. The highest BCUT2D eigenvalue weighted by Gasteiger charge is 2.28. The van der Waals surface area contributed by atoms with Crippen LogP contribution in [0.4, 0.5) is 0 Å². The molecule has 0 radical (unpaired) electrons. The van der Waals surface area contributed by atoms with Crippen LogP contribution in [0.1, 0.15) is 38.8 Å². The molecule has 1 aromatic carbocycles. The summed E-state index contributed by atoms with van der Waals surface area (Å²) in [6.45, 7) is 9.13. The quantitative estimate of drug-likeness (QED) is 0.938. The van der Waals surface area contributed by atoms with Gasteiger partial charge in [0.2, 0.25) is 0 Å². The summed E-state index contributed by atoms with van der Waals surface area (Å²) in [7, 11) is 0. The van der Waals surface area contributed by atoms with Gasteiger partial charge in [0, 0.05) is 31.2 Å². The molecule has 1 aromatic heterocycles. The molecule has 0 bridgehead atoms. The Morgan fingerprint density at radius 3 is 3.15 bits per heavy atom. The minimum atomic E-state index is 0.469. The molecular weight excluding hydrogens is 266 g/mol. The zero-order chi connectivity index (χ0) is 14.1. The second-order valence-corrected chi connectivity index (χ2v) is 6.71. The van der Waals surface area contributed by atoms with Gasteiger partial charge in [0.15, 0.2) is 0 Å². The van der Waals surface area contributed by atoms with E-state index in [9.17, 15) is 0 Å². The Morgan fingerprint density at radius 2 is 2.35 bits per heavy atom. The average Bonchev–Trinajstić information content (AvgIpc) is 2.93. The van der Waals surface area contributed by atoms with E-state index in [1.807, 2.05) is 5.51 Å². The molecule has 1 aliphatic rings. The summed E-state index contributed by atoms with van der Waals surface area (Å²) in [6, 6.07) is 8.40. The number of hydrogen-bond donors (Lipinski definition) is 1. The number of nitrogens with zero attached hydrogens (tertiary/aromatic N) is 2. The highest BCUT2D eigenvalue weighted by atomic mass is 32.1. The van der Waals surface area contributed by atoms with Crippen LogP contribution >= 0.6 is 11.3 Å². The third-order valence-corrected chi connectivity index (χ3v) is 5.25. The van der Waals surface area contributed by atoms with Crippen molar-refractivity contribution >= 4 is 21.6 Å². The Bertz CT molecular complexity index is 580. The first kappa shape index (κ1) is 14.0. The Kier molecular flexibility index (Phi) is 4.06. The van der Waals surface area contributed by atoms with Gasteiger partial charge in [-0.15, -0.1) is 11.3 Å². The van der Waals surface area contributed by atoms with Crippen molar-refractivity contribution in [2.24, 2.45) is 0 Å². The molecule has 1 fully saturated rings. The standard InChI is InChI=1S/C16H23N3S/c1-4-14-8-17-11(2)9-19(14)12(3)13-5-6-15-16(7-13)20-10-18-15/h5-7,10-12,14,17H,4,8-9H2,1-3H3/t11-,12?,14+/m0/s1. The molecule has 2 aromatic rings. The molecule has 108 valence electrons. The zero-order valence-electron chi connectivity index (χ0n) is 12.5. The van der Waals surface area contributed by atoms with E-state index >= 15 is 0 Å². The van der Waals surface area contributed by atoms with Gasteiger partial charge in [-0.1, -0.05) is 13.0 Å². The van der Waals surface area contributed by atoms with Crippen LogP contribution in [-0.2, 0) is 0 Å². The number of aromatic nitrogens is 1. The molecule has 0 saturated carbocycles. The van der Waals surface area contributed by atoms with Crippen molar-refractivity contribution in [3.63, 3.8) is 0 Å². The van der Waals surface area contributed by atoms with E-state index < -0.39 is 0 Å². The van der Waals surface area contributed by atoms with Gasteiger partial charge in [0.05, 0.1) is 15.7 Å². The SMILES string of the molecule is CC[C@@H]1CN[C@@H](C)CN1C(C)c1ccc2ncsc2c1. The molecular formula is C16H23N3S. The lowest BCUT2D eigenvalue weighted by molar-refractivity contribution is 0.0905. The molecule has 2 heterocycles. The van der Waals surface area contributed by atoms with Gasteiger partial charge < -0.3 is 5.32 Å². The van der Waals surface area contributed by atoms with Gasteiger partial charge in [0.1, 0.15) is 0 Å². The molecule has 0 amide bonds. The Morgan fingerprint density at radius 1 is 1.50 bits per heavy atom. The molecule has 0 aliphatic carbocycles. The Balaban J connectivity index is 1.87. The highest BCUT2D eigenvalue weighted by molar-refractivity contribution is 7.16. The van der Waals surface area contributed by atoms with Crippen LogP contribution in [0, 0.1) is 0 Å². The van der Waals surface area contributed by atoms with Crippen LogP contribution < -0.4 is 5.32 Å². The summed E-state index contributed by atoms with van der Waals surface area (Å²) in [4.78, 5) is 7.03. The fourth-order valence-corrected chi connectivity index (χ4v) is 3.89. The molecule has 4 heteroatoms. The van der Waals surface area contributed by atoms with E-state index in [0.717, 1.165) is 18.6 Å². The summed E-state index contributed by atoms with van der Waals surface area (Å²) in [5.41, 5.74) is 4.46. The summed E-state index contributed by atoms with van der Waals surface area (Å²) in [5.74, 6) is 0. The number of benzene rings is 1. The predicted octanol–water partition coefficient (Wildman–Crippen LogP) is 3.43. The van der Waals surface area contributed by atoms with Crippen molar-refractivity contribution in [1.29, 1.82) is 0 Å². The van der Waals surface area contributed by atoms with Crippen molar-refractivity contribution in [3.05, 3.63) is 29.3 Å². The van der Waals surface area contributed by atoms with Crippen LogP contribution in [0.5, 0.6) is 0 Å². The normalized spacial score (nSPS) is 25.9. The third-order valence-electron chi connectivity index (χ3n) is 4.46. The monoisotopic (exact) mass is 289 g/mol. The number of thiazole rings is 1. The van der Waals surface area contributed by atoms with Gasteiger partial charge >= 0.3 is 0 Å². The van der Waals surface area contributed by atoms with E-state index in [0.29, 0.717) is 18.1 Å². The maximum absolute atomic E-state index is 4.37. The molecule has 1 N–H and O–H groups in total. The predicted molar refractivity (Wildman–Crippen MR) is 86.3 cm³/mol. The minimum absolute atomic E-state index is 0.469. The smallest absolute Gasteiger partial charge is 0.0812 e. The topological polar surface area (TPSA) is 28.2 Å². The molecule has 3 atom stereocenters. The second kappa shape index (κ2) is 5.80. The zero-order valence-corrected chi connectivity index (χ0v) is 13.3. The van der Waals surface area contributed by atoms with Crippen molar-refractivity contribution in [2.45, 2.75) is 45.3 Å². The summed E-state index contributed by atoms with van der Waals surface area (Å²) < 4.78 is 1.30. The van der Waals surface area contributed by atoms with Crippen molar-refractivity contribution in [2.75, 3.05) is 13.1 Å². The van der Waals surface area contributed by atoms with Gasteiger partial charge in [-0.3, -0.25) is 4.90 Å². The average molecular weight is 289 g/mol. The summed E-state index contributed by atoms with van der Waals surface area (Å²) >= 11 is 1.73. The molecule has 1 unspecified atom stereocenters. The maximum Gasteiger partial charge on any atom is 0.0812 e. The molecule has 1 saturated heterocycles. The van der Waals surface area contributed by atoms with Crippen LogP contribution in [0.15, 0.2) is 23.7 Å². The first-order valence-corrected chi connectivity index (χ1v) is 8.39. The summed E-state index contributed by atoms with van der Waals surface area (Å²) in [5, 5.41) is 3.60. The Labute approximate surface area is 125 Å². The maximum atomic E-state index is 4.37. The highest BCUT2D eigenvalue weighted by Crippen LogP contribution is 2.29. The van der Waals surface area contributed by atoms with Crippen LogP contribution in [0.25, 0.3) is 10.2 Å². The minimum Gasteiger partial charge on any atom is -0.311 e. The van der Waals surface area contributed by atoms with E-state index in [1.54, 1.807) is 11.3 Å². The van der Waals surface area contributed by atoms with E-state index in [4.69, 9.17) is 0 Å². The van der Waals surface area contributed by atoms with E-state index in [1.165, 1.54) is 16.7 Å². The number of hydrogen-bond acceptors (Lipinski definition) is 4. The van der Waals surface area contributed by atoms with Crippen LogP contribution in [0.3, 0.4) is 0 Å². The molecule has 1 aliphatic heterocycles. The lowest BCUT2D eigenvalue weighted by Gasteiger charge is -2.42. The van der Waals surface area contributed by atoms with Gasteiger partial charge in [-0.05, 0) is 38.0 Å². The first-order valence-electron chi connectivity index (χ1n) is 7.51. The number of nitrogens with one attached hydrogen (secondary N) is 1. The van der Waals surface area contributed by atoms with Crippen molar-refractivity contribution in [3.8, 4) is 0 Å². The van der Waals surface area contributed by atoms with E-state index in [-0.39, 0.29) is 0 Å². The largest absolute Gasteiger partial charge is 0.311 e. The first-order chi connectivity index (χ1) is 9.69. The van der Waals surface area contributed by atoms with Crippen LogP contribution in [-0.4, -0.2) is 35.1 Å². The molecule has 0 spiro atoms. The second-order valence-electron chi connectivity index (χ2n) is 5.82. The molecule has 3 nitrogen and oxygen atoms in total. The van der Waals surface area contributed by atoms with Crippen molar-refractivity contribution < 1.29 is 0 Å². The fraction of sp³-hybridized carbons (Fsp3) is 0.562. The van der Waals surface area contributed by atoms with Crippen molar-refractivity contribution in [1.82, 2.24) is 15.2 Å². The number of piperazine rings is 1. The number of rotatable bonds is 3. The molecule has 20 heavy (non-hydrogen) atoms. The lowest BCUT2D eigenvalue weighted by atomic mass is 10.00. The van der Waals surface area contributed by atoms with Crippen LogP contribution in [0.2, 0.25) is 0 Å².